The number of carbonyl (C=O) groups excluding carboxylic acids is 2. The fraction of sp³-hybridized carbons (Fsp3) is 0.333. The average molecular weight is 461 g/mol. The second kappa shape index (κ2) is 9.52. The van der Waals surface area contributed by atoms with Gasteiger partial charge in [0.25, 0.3) is 0 Å². The third-order valence-electron chi connectivity index (χ3n) is 5.00. The van der Waals surface area contributed by atoms with Gasteiger partial charge in [-0.1, -0.05) is 18.2 Å². The quantitative estimate of drug-likeness (QED) is 0.319. The molecule has 0 atom stereocenters. The number of carbonyl (C=O) groups is 2. The summed E-state index contributed by atoms with van der Waals surface area (Å²) in [5.41, 5.74) is 1.75. The van der Waals surface area contributed by atoms with Gasteiger partial charge in [0.2, 0.25) is 11.6 Å². The summed E-state index contributed by atoms with van der Waals surface area (Å²) >= 11 is 2.69. The first-order valence-corrected chi connectivity index (χ1v) is 11.7. The number of methoxy groups -OCH3 is 1. The second-order valence-electron chi connectivity index (χ2n) is 7.01. The average Bonchev–Trinajstić information content (AvgIpc) is 3.34. The van der Waals surface area contributed by atoms with Crippen molar-refractivity contribution in [2.24, 2.45) is 0 Å². The molecule has 2 aromatic heterocycles. The molecule has 0 saturated carbocycles. The number of thioether (sulfide) groups is 1. The number of benzene rings is 1. The van der Waals surface area contributed by atoms with Crippen molar-refractivity contribution in [2.75, 3.05) is 18.2 Å². The Bertz CT molecular complexity index is 1150. The highest BCUT2D eigenvalue weighted by Gasteiger charge is 2.27. The van der Waals surface area contributed by atoms with E-state index in [-0.39, 0.29) is 12.3 Å². The lowest BCUT2D eigenvalue weighted by Gasteiger charge is -2.11. The molecule has 0 aliphatic heterocycles. The van der Waals surface area contributed by atoms with Crippen LogP contribution in [-0.2, 0) is 22.4 Å². The molecule has 2 N–H and O–H groups in total. The van der Waals surface area contributed by atoms with Crippen LogP contribution in [0.2, 0.25) is 0 Å². The normalized spacial score (nSPS) is 12.9. The van der Waals surface area contributed by atoms with Crippen LogP contribution in [0.3, 0.4) is 0 Å². The highest BCUT2D eigenvalue weighted by atomic mass is 32.2. The molecule has 1 aromatic carbocycles. The molecule has 0 radical (unpaired) electrons. The molecule has 31 heavy (non-hydrogen) atoms. The van der Waals surface area contributed by atoms with E-state index in [1.807, 2.05) is 30.3 Å². The van der Waals surface area contributed by atoms with Crippen LogP contribution >= 0.6 is 23.1 Å². The lowest BCUT2D eigenvalue weighted by Crippen LogP contribution is -2.36. The van der Waals surface area contributed by atoms with Gasteiger partial charge in [0.15, 0.2) is 0 Å². The van der Waals surface area contributed by atoms with Gasteiger partial charge in [-0.3, -0.25) is 9.32 Å². The largest absolute Gasteiger partial charge is 0.465 e. The summed E-state index contributed by atoms with van der Waals surface area (Å²) in [5, 5.41) is 6.37. The first-order chi connectivity index (χ1) is 15.1. The van der Waals surface area contributed by atoms with Crippen molar-refractivity contribution in [3.8, 4) is 5.69 Å². The van der Waals surface area contributed by atoms with Crippen LogP contribution < -0.4 is 15.6 Å². The van der Waals surface area contributed by atoms with E-state index in [0.29, 0.717) is 21.3 Å². The number of aromatic nitrogens is 2. The Morgan fingerprint density at radius 3 is 2.81 bits per heavy atom. The van der Waals surface area contributed by atoms with Gasteiger partial charge in [0, 0.05) is 29.2 Å². The van der Waals surface area contributed by atoms with Crippen LogP contribution in [0.5, 0.6) is 0 Å². The molecular weight excluding hydrogens is 438 g/mol. The van der Waals surface area contributed by atoms with Crippen LogP contribution in [0.4, 0.5) is 5.00 Å². The number of nitrogens with zero attached hydrogens (tertiary/aromatic N) is 1. The van der Waals surface area contributed by atoms with Gasteiger partial charge in [-0.05, 0) is 53.0 Å². The van der Waals surface area contributed by atoms with Gasteiger partial charge < -0.3 is 10.1 Å². The van der Waals surface area contributed by atoms with E-state index in [1.54, 1.807) is 4.68 Å². The number of hydrogen-bond acceptors (Lipinski definition) is 7. The zero-order valence-corrected chi connectivity index (χ0v) is 18.6. The van der Waals surface area contributed by atoms with Crippen LogP contribution in [0.25, 0.3) is 5.69 Å². The number of ether oxygens (including phenoxy) is 1. The number of nitrogens with one attached hydrogen (secondary N) is 2. The van der Waals surface area contributed by atoms with Crippen LogP contribution in [0.1, 0.15) is 40.1 Å². The smallest absolute Gasteiger partial charge is 0.442 e. The molecule has 0 fully saturated rings. The minimum absolute atomic E-state index is 0.174. The summed E-state index contributed by atoms with van der Waals surface area (Å²) in [5.74, 6) is -0.264. The van der Waals surface area contributed by atoms with Crippen LogP contribution in [-0.4, -0.2) is 30.0 Å². The monoisotopic (exact) mass is 460 g/mol. The Kier molecular flexibility index (Phi) is 6.57. The maximum absolute atomic E-state index is 12.6. The zero-order valence-electron chi connectivity index (χ0n) is 16.9. The minimum atomic E-state index is -0.492. The van der Waals surface area contributed by atoms with E-state index in [1.165, 1.54) is 30.2 Å². The predicted octanol–water partition coefficient (Wildman–Crippen LogP) is 3.09. The fourth-order valence-corrected chi connectivity index (χ4v) is 5.74. The SMILES string of the molecule is COC(=O)c1c(NC(=O)CCSc2c(=O)o[nH][n+]2-c2ccccc2)sc2c1CCCC2. The summed E-state index contributed by atoms with van der Waals surface area (Å²) in [6, 6.07) is 9.28. The number of esters is 1. The van der Waals surface area contributed by atoms with Crippen molar-refractivity contribution in [1.29, 1.82) is 0 Å². The van der Waals surface area contributed by atoms with Gasteiger partial charge >= 0.3 is 16.6 Å². The van der Waals surface area contributed by atoms with Gasteiger partial charge in [0.05, 0.1) is 12.7 Å². The van der Waals surface area contributed by atoms with Crippen molar-refractivity contribution in [3.63, 3.8) is 0 Å². The molecule has 0 unspecified atom stereocenters. The number of amides is 1. The number of fused-ring (bicyclic) bond motifs is 1. The Morgan fingerprint density at radius 2 is 2.03 bits per heavy atom. The summed E-state index contributed by atoms with van der Waals surface area (Å²) < 4.78 is 11.4. The topological polar surface area (TPSA) is 105 Å². The standard InChI is InChI=1S/C21H21N3O5S2/c1-28-20(26)17-14-9-5-6-10-15(14)31-18(17)22-16(25)11-12-30-19-21(27)29-23-24(19)13-7-3-2-4-8-13/h2-4,7-8H,5-6,9-12H2,1H3,(H-,22,23,25,26,27)/p+1. The Labute approximate surface area is 186 Å². The van der Waals surface area contributed by atoms with E-state index < -0.39 is 11.6 Å². The third-order valence-corrected chi connectivity index (χ3v) is 7.24. The molecule has 4 rings (SSSR count). The van der Waals surface area contributed by atoms with E-state index in [0.717, 1.165) is 41.8 Å². The van der Waals surface area contributed by atoms with E-state index in [2.05, 4.69) is 10.6 Å². The van der Waals surface area contributed by atoms with Gasteiger partial charge in [-0.2, -0.15) is 0 Å². The van der Waals surface area contributed by atoms with Crippen molar-refractivity contribution >= 4 is 40.0 Å². The third kappa shape index (κ3) is 4.59. The lowest BCUT2D eigenvalue weighted by atomic mass is 9.95. The van der Waals surface area contributed by atoms with Crippen molar-refractivity contribution < 1.29 is 23.5 Å². The van der Waals surface area contributed by atoms with E-state index >= 15 is 0 Å². The first kappa shape index (κ1) is 21.4. The molecule has 1 aliphatic rings. The number of aromatic amines is 1. The molecule has 8 nitrogen and oxygen atoms in total. The molecule has 10 heteroatoms. The van der Waals surface area contributed by atoms with Crippen molar-refractivity contribution in [2.45, 2.75) is 37.1 Å². The van der Waals surface area contributed by atoms with Crippen LogP contribution in [0.15, 0.2) is 44.7 Å². The number of H-pyrrole nitrogens is 1. The lowest BCUT2D eigenvalue weighted by molar-refractivity contribution is -0.704. The van der Waals surface area contributed by atoms with Gasteiger partial charge in [-0.25, -0.2) is 9.59 Å². The fourth-order valence-electron chi connectivity index (χ4n) is 3.54. The minimum Gasteiger partial charge on any atom is -0.465 e. The van der Waals surface area contributed by atoms with Crippen molar-refractivity contribution in [1.82, 2.24) is 5.27 Å². The zero-order chi connectivity index (χ0) is 21.8. The van der Waals surface area contributed by atoms with Crippen molar-refractivity contribution in [3.05, 3.63) is 56.8 Å². The van der Waals surface area contributed by atoms with Crippen LogP contribution in [0, 0.1) is 0 Å². The Morgan fingerprint density at radius 1 is 1.26 bits per heavy atom. The number of para-hydroxylation sites is 1. The first-order valence-electron chi connectivity index (χ1n) is 9.93. The molecule has 3 aromatic rings. The Balaban J connectivity index is 1.43. The number of thiophene rings is 1. The highest BCUT2D eigenvalue weighted by molar-refractivity contribution is 7.99. The molecule has 162 valence electrons. The maximum Gasteiger partial charge on any atom is 0.442 e. The molecule has 0 saturated heterocycles. The maximum atomic E-state index is 12.6. The summed E-state index contributed by atoms with van der Waals surface area (Å²) in [4.78, 5) is 38.1. The molecule has 1 amide bonds. The van der Waals surface area contributed by atoms with E-state index in [9.17, 15) is 14.4 Å². The number of anilines is 1. The molecular formula is C21H22N3O5S2+. The summed E-state index contributed by atoms with van der Waals surface area (Å²) in [6.07, 6.45) is 4.02. The predicted molar refractivity (Wildman–Crippen MR) is 117 cm³/mol. The summed E-state index contributed by atoms with van der Waals surface area (Å²) in [7, 11) is 1.35. The van der Waals surface area contributed by atoms with E-state index in [4.69, 9.17) is 9.26 Å². The molecule has 2 heterocycles. The highest BCUT2D eigenvalue weighted by Crippen LogP contribution is 2.38. The Hall–Kier alpha value is -2.85. The molecule has 0 spiro atoms. The second-order valence-corrected chi connectivity index (χ2v) is 9.20. The molecule has 1 aliphatic carbocycles. The van der Waals surface area contributed by atoms with Gasteiger partial charge in [0.1, 0.15) is 5.00 Å². The number of rotatable bonds is 7. The van der Waals surface area contributed by atoms with Gasteiger partial charge in [-0.15, -0.1) is 11.3 Å². The number of aryl methyl sites for hydroxylation is 1. The molecule has 0 bridgehead atoms. The summed E-state index contributed by atoms with van der Waals surface area (Å²) in [6.45, 7) is 0. The number of hydrogen-bond donors (Lipinski definition) is 2.